The van der Waals surface area contributed by atoms with E-state index in [1.54, 1.807) is 11.3 Å². The van der Waals surface area contributed by atoms with Crippen molar-refractivity contribution in [3.63, 3.8) is 0 Å². The van der Waals surface area contributed by atoms with Crippen LogP contribution in [0.3, 0.4) is 0 Å². The molecule has 6 atom stereocenters. The molecule has 2 fully saturated rings. The molecule has 0 aromatic carbocycles. The van der Waals surface area contributed by atoms with Gasteiger partial charge in [-0.25, -0.2) is 4.98 Å². The molecule has 34 heavy (non-hydrogen) atoms. The van der Waals surface area contributed by atoms with E-state index in [0.29, 0.717) is 17.4 Å². The van der Waals surface area contributed by atoms with E-state index in [0.717, 1.165) is 35.4 Å². The lowest BCUT2D eigenvalue weighted by molar-refractivity contribution is -0.147. The van der Waals surface area contributed by atoms with E-state index in [-0.39, 0.29) is 12.1 Å². The predicted octanol–water partition coefficient (Wildman–Crippen LogP) is 8.47. The SMILES string of the molecule is CC[Si](CC)(CC)OC1CCCC2(C)C(C(C)CCCC(OC(C)=O)c3nc(C)cs3)CCC12. The van der Waals surface area contributed by atoms with Crippen molar-refractivity contribution in [2.45, 2.75) is 130 Å². The Kier molecular flexibility index (Phi) is 9.84. The van der Waals surface area contributed by atoms with Crippen molar-refractivity contribution in [1.29, 1.82) is 0 Å². The van der Waals surface area contributed by atoms with Gasteiger partial charge in [-0.3, -0.25) is 4.79 Å². The van der Waals surface area contributed by atoms with Gasteiger partial charge < -0.3 is 9.16 Å². The van der Waals surface area contributed by atoms with Crippen LogP contribution in [0.5, 0.6) is 0 Å². The molecular weight excluding hydrogens is 458 g/mol. The summed E-state index contributed by atoms with van der Waals surface area (Å²) < 4.78 is 12.8. The first kappa shape index (κ1) is 27.9. The van der Waals surface area contributed by atoms with Gasteiger partial charge in [-0.05, 0) is 86.7 Å². The topological polar surface area (TPSA) is 48.4 Å². The molecule has 2 aliphatic carbocycles. The van der Waals surface area contributed by atoms with Gasteiger partial charge in [0.1, 0.15) is 5.01 Å². The molecular formula is C28H49NO3SSi. The van der Waals surface area contributed by atoms with Gasteiger partial charge >= 0.3 is 5.97 Å². The van der Waals surface area contributed by atoms with Crippen molar-refractivity contribution in [2.24, 2.45) is 23.2 Å². The highest BCUT2D eigenvalue weighted by atomic mass is 32.1. The monoisotopic (exact) mass is 507 g/mol. The fourth-order valence-corrected chi connectivity index (χ4v) is 11.1. The maximum Gasteiger partial charge on any atom is 0.303 e. The Morgan fingerprint density at radius 3 is 2.50 bits per heavy atom. The molecule has 2 aliphatic rings. The van der Waals surface area contributed by atoms with Crippen LogP contribution in [0.1, 0.15) is 110 Å². The summed E-state index contributed by atoms with van der Waals surface area (Å²) in [4.78, 5) is 16.3. The van der Waals surface area contributed by atoms with Crippen molar-refractivity contribution in [1.82, 2.24) is 4.98 Å². The van der Waals surface area contributed by atoms with Gasteiger partial charge in [0.25, 0.3) is 0 Å². The lowest BCUT2D eigenvalue weighted by Gasteiger charge is -2.49. The minimum Gasteiger partial charge on any atom is -0.455 e. The third kappa shape index (κ3) is 6.15. The number of thiazole rings is 1. The van der Waals surface area contributed by atoms with Crippen molar-refractivity contribution in [3.05, 3.63) is 16.1 Å². The quantitative estimate of drug-likeness (QED) is 0.210. The second kappa shape index (κ2) is 12.0. The van der Waals surface area contributed by atoms with Gasteiger partial charge in [0, 0.05) is 24.1 Å². The minimum absolute atomic E-state index is 0.196. The number of hydrogen-bond acceptors (Lipinski definition) is 5. The highest BCUT2D eigenvalue weighted by Crippen LogP contribution is 2.59. The molecule has 6 heteroatoms. The Balaban J connectivity index is 1.61. The molecule has 2 saturated carbocycles. The van der Waals surface area contributed by atoms with Crippen LogP contribution in [-0.4, -0.2) is 25.4 Å². The summed E-state index contributed by atoms with van der Waals surface area (Å²) in [5.74, 6) is 1.99. The van der Waals surface area contributed by atoms with Crippen molar-refractivity contribution < 1.29 is 14.0 Å². The Morgan fingerprint density at radius 1 is 1.21 bits per heavy atom. The third-order valence-electron chi connectivity index (χ3n) is 9.50. The fraction of sp³-hybridized carbons (Fsp3) is 0.857. The van der Waals surface area contributed by atoms with E-state index in [9.17, 15) is 4.79 Å². The second-order valence-electron chi connectivity index (χ2n) is 11.4. The van der Waals surface area contributed by atoms with Crippen molar-refractivity contribution >= 4 is 25.6 Å². The Bertz CT molecular complexity index is 786. The molecule has 1 aromatic heterocycles. The minimum atomic E-state index is -1.57. The normalized spacial score (nSPS) is 29.0. The van der Waals surface area contributed by atoms with E-state index in [4.69, 9.17) is 9.16 Å². The summed E-state index contributed by atoms with van der Waals surface area (Å²) in [6.07, 6.45) is 10.1. The van der Waals surface area contributed by atoms with Crippen molar-refractivity contribution in [2.75, 3.05) is 0 Å². The molecule has 0 bridgehead atoms. The van der Waals surface area contributed by atoms with Crippen LogP contribution in [-0.2, 0) is 14.0 Å². The molecule has 0 spiro atoms. The third-order valence-corrected chi connectivity index (χ3v) is 15.2. The zero-order valence-electron chi connectivity index (χ0n) is 22.8. The number of esters is 1. The largest absolute Gasteiger partial charge is 0.455 e. The number of hydrogen-bond donors (Lipinski definition) is 0. The lowest BCUT2D eigenvalue weighted by atomic mass is 9.61. The summed E-state index contributed by atoms with van der Waals surface area (Å²) in [6, 6.07) is 3.76. The van der Waals surface area contributed by atoms with Gasteiger partial charge in [0.05, 0.1) is 0 Å². The van der Waals surface area contributed by atoms with Gasteiger partial charge in [0.15, 0.2) is 14.4 Å². The highest BCUT2D eigenvalue weighted by Gasteiger charge is 2.53. The molecule has 0 aliphatic heterocycles. The zero-order valence-corrected chi connectivity index (χ0v) is 24.6. The molecule has 3 rings (SSSR count). The number of carbonyl (C=O) groups excluding carboxylic acids is 1. The van der Waals surface area contributed by atoms with Gasteiger partial charge in [-0.2, -0.15) is 0 Å². The summed E-state index contributed by atoms with van der Waals surface area (Å²) in [6.45, 7) is 15.6. The summed E-state index contributed by atoms with van der Waals surface area (Å²) >= 11 is 1.61. The lowest BCUT2D eigenvalue weighted by Crippen LogP contribution is -2.48. The smallest absolute Gasteiger partial charge is 0.303 e. The molecule has 194 valence electrons. The Hall–Kier alpha value is -0.723. The maximum atomic E-state index is 11.7. The molecule has 0 radical (unpaired) electrons. The summed E-state index contributed by atoms with van der Waals surface area (Å²) in [7, 11) is -1.57. The summed E-state index contributed by atoms with van der Waals surface area (Å²) in [5.41, 5.74) is 1.42. The van der Waals surface area contributed by atoms with Gasteiger partial charge in [-0.1, -0.05) is 47.5 Å². The van der Waals surface area contributed by atoms with Crippen LogP contribution in [0.2, 0.25) is 18.1 Å². The second-order valence-corrected chi connectivity index (χ2v) is 17.0. The van der Waals surface area contributed by atoms with E-state index in [1.807, 2.05) is 12.3 Å². The molecule has 1 heterocycles. The number of aryl methyl sites for hydroxylation is 1. The first-order chi connectivity index (χ1) is 16.2. The van der Waals surface area contributed by atoms with E-state index in [2.05, 4.69) is 39.6 Å². The zero-order chi connectivity index (χ0) is 24.9. The number of ether oxygens (including phenoxy) is 1. The molecule has 4 nitrogen and oxygen atoms in total. The maximum absolute atomic E-state index is 11.7. The number of nitrogens with zero attached hydrogens (tertiary/aromatic N) is 1. The van der Waals surface area contributed by atoms with Crippen LogP contribution in [0, 0.1) is 30.1 Å². The average Bonchev–Trinajstić information content (AvgIpc) is 3.40. The average molecular weight is 508 g/mol. The van der Waals surface area contributed by atoms with Crippen LogP contribution < -0.4 is 0 Å². The summed E-state index contributed by atoms with van der Waals surface area (Å²) in [5, 5.41) is 2.99. The first-order valence-electron chi connectivity index (χ1n) is 13.9. The van der Waals surface area contributed by atoms with E-state index in [1.165, 1.54) is 63.6 Å². The van der Waals surface area contributed by atoms with E-state index < -0.39 is 8.32 Å². The predicted molar refractivity (Wildman–Crippen MR) is 145 cm³/mol. The number of aromatic nitrogens is 1. The Morgan fingerprint density at radius 2 is 1.91 bits per heavy atom. The number of rotatable bonds is 12. The standard InChI is InChI=1S/C28H49NO3SSi/c1-8-34(9-2,10-3)32-25-15-12-18-28(7)23(16-17-24(25)28)20(4)13-11-14-26(31-22(6)30)27-29-21(5)19-33-27/h19-20,23-26H,8-18H2,1-7H3. The number of carbonyl (C=O) groups is 1. The fourth-order valence-electron chi connectivity index (χ4n) is 7.34. The van der Waals surface area contributed by atoms with E-state index >= 15 is 0 Å². The van der Waals surface area contributed by atoms with Crippen LogP contribution >= 0.6 is 11.3 Å². The van der Waals surface area contributed by atoms with Crippen LogP contribution in [0.15, 0.2) is 5.38 Å². The molecule has 0 N–H and O–H groups in total. The van der Waals surface area contributed by atoms with Gasteiger partial charge in [0.2, 0.25) is 0 Å². The first-order valence-corrected chi connectivity index (χ1v) is 17.4. The van der Waals surface area contributed by atoms with Gasteiger partial charge in [-0.15, -0.1) is 11.3 Å². The highest BCUT2D eigenvalue weighted by molar-refractivity contribution is 7.09. The Labute approximate surface area is 213 Å². The molecule has 0 saturated heterocycles. The molecule has 0 amide bonds. The molecule has 1 aromatic rings. The van der Waals surface area contributed by atoms with Crippen molar-refractivity contribution in [3.8, 4) is 0 Å². The van der Waals surface area contributed by atoms with Crippen LogP contribution in [0.4, 0.5) is 0 Å². The number of fused-ring (bicyclic) bond motifs is 1. The van der Waals surface area contributed by atoms with Crippen LogP contribution in [0.25, 0.3) is 0 Å². The molecule has 6 unspecified atom stereocenters.